The van der Waals surface area contributed by atoms with Gasteiger partial charge in [-0.2, -0.15) is 0 Å². The van der Waals surface area contributed by atoms with Crippen molar-refractivity contribution in [1.29, 1.82) is 0 Å². The number of carbonyl (C=O) groups is 2. The number of likely N-dealkylation sites (N-methyl/N-ethyl adjacent to an activating group) is 1. The van der Waals surface area contributed by atoms with E-state index in [1.807, 2.05) is 19.0 Å². The highest BCUT2D eigenvalue weighted by Crippen LogP contribution is 1.89. The fraction of sp³-hybridized carbons (Fsp3) is 0.750. The zero-order valence-corrected chi connectivity index (χ0v) is 8.62. The lowest BCUT2D eigenvalue weighted by atomic mass is 10.2. The van der Waals surface area contributed by atoms with Crippen LogP contribution in [0.3, 0.4) is 0 Å². The van der Waals surface area contributed by atoms with Gasteiger partial charge in [-0.05, 0) is 14.1 Å². The zero-order valence-electron chi connectivity index (χ0n) is 8.62. The van der Waals surface area contributed by atoms with Crippen LogP contribution < -0.4 is 16.8 Å². The number of primary amides is 2. The van der Waals surface area contributed by atoms with E-state index in [2.05, 4.69) is 5.32 Å². The highest BCUT2D eigenvalue weighted by Gasteiger charge is 2.16. The molecule has 0 aliphatic carbocycles. The van der Waals surface area contributed by atoms with Crippen molar-refractivity contribution in [2.75, 3.05) is 27.2 Å². The van der Waals surface area contributed by atoms with Crippen LogP contribution in [0.5, 0.6) is 0 Å². The molecule has 0 rings (SSSR count). The molecule has 0 heterocycles. The molecule has 0 saturated heterocycles. The first kappa shape index (κ1) is 12.9. The molecule has 0 bridgehead atoms. The highest BCUT2D eigenvalue weighted by atomic mass is 16.2. The molecule has 6 nitrogen and oxygen atoms in total. The number of nitrogens with one attached hydrogen (secondary N) is 1. The van der Waals surface area contributed by atoms with Crippen LogP contribution in [0.25, 0.3) is 0 Å². The molecule has 0 aromatic carbocycles. The Hall–Kier alpha value is -1.14. The van der Waals surface area contributed by atoms with Crippen molar-refractivity contribution in [2.45, 2.75) is 12.5 Å². The van der Waals surface area contributed by atoms with Crippen molar-refractivity contribution in [1.82, 2.24) is 10.2 Å². The van der Waals surface area contributed by atoms with Crippen LogP contribution in [-0.2, 0) is 9.59 Å². The maximum absolute atomic E-state index is 10.8. The molecule has 5 N–H and O–H groups in total. The van der Waals surface area contributed by atoms with Crippen LogP contribution in [-0.4, -0.2) is 49.9 Å². The molecule has 82 valence electrons. The molecule has 0 fully saturated rings. The zero-order chi connectivity index (χ0) is 11.1. The summed E-state index contributed by atoms with van der Waals surface area (Å²) in [6.07, 6.45) is -0.0528. The number of carbonyl (C=O) groups excluding carboxylic acids is 2. The van der Waals surface area contributed by atoms with Crippen LogP contribution in [0.2, 0.25) is 0 Å². The van der Waals surface area contributed by atoms with Crippen LogP contribution in [0.4, 0.5) is 0 Å². The average molecular weight is 202 g/mol. The monoisotopic (exact) mass is 202 g/mol. The lowest BCUT2D eigenvalue weighted by Gasteiger charge is -2.15. The summed E-state index contributed by atoms with van der Waals surface area (Å²) in [6.45, 7) is 1.36. The minimum Gasteiger partial charge on any atom is -0.370 e. The van der Waals surface area contributed by atoms with Gasteiger partial charge in [-0.3, -0.25) is 9.59 Å². The average Bonchev–Trinajstić information content (AvgIpc) is 2.00. The van der Waals surface area contributed by atoms with E-state index in [1.54, 1.807) is 0 Å². The lowest BCUT2D eigenvalue weighted by Crippen LogP contribution is -2.45. The maximum Gasteiger partial charge on any atom is 0.235 e. The second-order valence-electron chi connectivity index (χ2n) is 3.38. The molecule has 14 heavy (non-hydrogen) atoms. The number of nitrogens with two attached hydrogens (primary N) is 2. The van der Waals surface area contributed by atoms with Gasteiger partial charge in [-0.15, -0.1) is 0 Å². The molecule has 0 spiro atoms. The highest BCUT2D eigenvalue weighted by molar-refractivity contribution is 5.86. The van der Waals surface area contributed by atoms with Gasteiger partial charge in [0.05, 0.1) is 12.5 Å². The summed E-state index contributed by atoms with van der Waals surface area (Å²) in [5.74, 6) is -1.09. The fourth-order valence-corrected chi connectivity index (χ4v) is 0.937. The predicted octanol–water partition coefficient (Wildman–Crippen LogP) is -2.13. The molecule has 0 aliphatic rings. The van der Waals surface area contributed by atoms with E-state index in [0.717, 1.165) is 6.54 Å². The second-order valence-corrected chi connectivity index (χ2v) is 3.38. The van der Waals surface area contributed by atoms with E-state index in [9.17, 15) is 9.59 Å². The van der Waals surface area contributed by atoms with Crippen molar-refractivity contribution >= 4 is 11.8 Å². The Kier molecular flexibility index (Phi) is 5.82. The summed E-state index contributed by atoms with van der Waals surface area (Å²) >= 11 is 0. The summed E-state index contributed by atoms with van der Waals surface area (Å²) in [5, 5.41) is 2.86. The van der Waals surface area contributed by atoms with Gasteiger partial charge >= 0.3 is 0 Å². The van der Waals surface area contributed by atoms with Crippen molar-refractivity contribution in [2.24, 2.45) is 11.5 Å². The summed E-state index contributed by atoms with van der Waals surface area (Å²) in [5.41, 5.74) is 10.0. The van der Waals surface area contributed by atoms with Crippen LogP contribution >= 0.6 is 0 Å². The third kappa shape index (κ3) is 6.38. The Balaban J connectivity index is 3.86. The molecule has 0 aliphatic heterocycles. The smallest absolute Gasteiger partial charge is 0.235 e. The van der Waals surface area contributed by atoms with E-state index < -0.39 is 17.9 Å². The normalized spacial score (nSPS) is 12.8. The minimum absolute atomic E-state index is 0.0528. The summed E-state index contributed by atoms with van der Waals surface area (Å²) in [4.78, 5) is 23.4. The fourth-order valence-electron chi connectivity index (χ4n) is 0.937. The predicted molar refractivity (Wildman–Crippen MR) is 53.4 cm³/mol. The number of nitrogens with zero attached hydrogens (tertiary/aromatic N) is 1. The minimum atomic E-state index is -0.660. The van der Waals surface area contributed by atoms with Crippen molar-refractivity contribution < 1.29 is 9.59 Å². The maximum atomic E-state index is 10.8. The SMILES string of the molecule is CN(C)CCNC(CC(N)=O)C(N)=O. The quantitative estimate of drug-likeness (QED) is 0.439. The third-order valence-corrected chi connectivity index (χ3v) is 1.70. The number of rotatable bonds is 7. The summed E-state index contributed by atoms with van der Waals surface area (Å²) < 4.78 is 0. The van der Waals surface area contributed by atoms with Gasteiger partial charge in [0, 0.05) is 13.1 Å². The van der Waals surface area contributed by atoms with Crippen LogP contribution in [0.15, 0.2) is 0 Å². The van der Waals surface area contributed by atoms with Gasteiger partial charge in [0.2, 0.25) is 11.8 Å². The topological polar surface area (TPSA) is 101 Å². The van der Waals surface area contributed by atoms with E-state index in [-0.39, 0.29) is 6.42 Å². The van der Waals surface area contributed by atoms with E-state index >= 15 is 0 Å². The van der Waals surface area contributed by atoms with Crippen LogP contribution in [0.1, 0.15) is 6.42 Å². The van der Waals surface area contributed by atoms with Gasteiger partial charge < -0.3 is 21.7 Å². The molecule has 1 atom stereocenters. The first-order valence-electron chi connectivity index (χ1n) is 4.39. The molecule has 0 radical (unpaired) electrons. The molecule has 2 amide bonds. The molecular formula is C8H18N4O2. The Bertz CT molecular complexity index is 206. The Morgan fingerprint density at radius 3 is 2.29 bits per heavy atom. The largest absolute Gasteiger partial charge is 0.370 e. The molecule has 1 unspecified atom stereocenters. The first-order valence-corrected chi connectivity index (χ1v) is 4.39. The Morgan fingerprint density at radius 1 is 1.36 bits per heavy atom. The van der Waals surface area contributed by atoms with Gasteiger partial charge in [0.25, 0.3) is 0 Å². The van der Waals surface area contributed by atoms with Gasteiger partial charge in [-0.1, -0.05) is 0 Å². The van der Waals surface area contributed by atoms with Crippen LogP contribution in [0, 0.1) is 0 Å². The van der Waals surface area contributed by atoms with E-state index in [4.69, 9.17) is 11.5 Å². The Labute approximate surface area is 83.6 Å². The number of amides is 2. The second kappa shape index (κ2) is 6.33. The van der Waals surface area contributed by atoms with E-state index in [1.165, 1.54) is 0 Å². The molecule has 0 aromatic rings. The van der Waals surface area contributed by atoms with E-state index in [0.29, 0.717) is 6.54 Å². The lowest BCUT2D eigenvalue weighted by molar-refractivity contribution is -0.125. The molecule has 6 heteroatoms. The molecule has 0 aromatic heterocycles. The van der Waals surface area contributed by atoms with Gasteiger partial charge in [0.15, 0.2) is 0 Å². The summed E-state index contributed by atoms with van der Waals surface area (Å²) in [6, 6.07) is -0.660. The van der Waals surface area contributed by atoms with Gasteiger partial charge in [0.1, 0.15) is 0 Å². The van der Waals surface area contributed by atoms with Crippen molar-refractivity contribution in [3.8, 4) is 0 Å². The van der Waals surface area contributed by atoms with Gasteiger partial charge in [-0.25, -0.2) is 0 Å². The number of hydrogen-bond donors (Lipinski definition) is 3. The molecular weight excluding hydrogens is 184 g/mol. The number of hydrogen-bond acceptors (Lipinski definition) is 4. The standard InChI is InChI=1S/C8H18N4O2/c1-12(2)4-3-11-6(8(10)14)5-7(9)13/h6,11H,3-5H2,1-2H3,(H2,9,13)(H2,10,14). The van der Waals surface area contributed by atoms with Crippen molar-refractivity contribution in [3.63, 3.8) is 0 Å². The summed E-state index contributed by atoms with van der Waals surface area (Å²) in [7, 11) is 3.82. The third-order valence-electron chi connectivity index (χ3n) is 1.70. The van der Waals surface area contributed by atoms with Crippen molar-refractivity contribution in [3.05, 3.63) is 0 Å². The first-order chi connectivity index (χ1) is 6.43. The Morgan fingerprint density at radius 2 is 1.93 bits per heavy atom. The molecule has 0 saturated carbocycles.